The minimum absolute atomic E-state index is 0. The Morgan fingerprint density at radius 2 is 1.90 bits per heavy atom. The van der Waals surface area contributed by atoms with E-state index in [1.54, 1.807) is 18.3 Å². The second kappa shape index (κ2) is 11.4. The molecule has 5 nitrogen and oxygen atoms in total. The summed E-state index contributed by atoms with van der Waals surface area (Å²) in [6.45, 7) is 7.71. The van der Waals surface area contributed by atoms with E-state index in [-0.39, 0.29) is 19.5 Å². The molecule has 0 unspecified atom stereocenters. The van der Waals surface area contributed by atoms with Gasteiger partial charge in [-0.25, -0.2) is 4.79 Å². The predicted molar refractivity (Wildman–Crippen MR) is 116 cm³/mol. The summed E-state index contributed by atoms with van der Waals surface area (Å²) in [6, 6.07) is 14.1. The van der Waals surface area contributed by atoms with Gasteiger partial charge in [-0.1, -0.05) is 12.1 Å². The molecule has 0 bridgehead atoms. The van der Waals surface area contributed by atoms with Gasteiger partial charge in [-0.2, -0.15) is 0 Å². The number of aromatic nitrogens is 1. The van der Waals surface area contributed by atoms with Gasteiger partial charge in [0, 0.05) is 38.2 Å². The van der Waals surface area contributed by atoms with Crippen LogP contribution in [0.25, 0.3) is 10.6 Å². The Hall–Kier alpha value is -1.95. The van der Waals surface area contributed by atoms with Crippen LogP contribution >= 0.6 is 11.3 Å². The third kappa shape index (κ3) is 6.27. The molecule has 2 aromatic heterocycles. The summed E-state index contributed by atoms with van der Waals surface area (Å²) in [4.78, 5) is 12.5. The van der Waals surface area contributed by atoms with Gasteiger partial charge in [-0.3, -0.25) is 0 Å². The smallest absolute Gasteiger partial charge is 0.333 e. The number of hydrogen-bond acceptors (Lipinski definition) is 4. The SMILES string of the molecule is CCO[C@@H](Cc1ccc(OCCn2c(C)ccc2-c2cc(C)cs2)cc1)C(=O)O.[Zn]. The number of aliphatic carboxylic acids is 1. The number of thiophene rings is 1. The first-order valence-corrected chi connectivity index (χ1v) is 10.6. The van der Waals surface area contributed by atoms with Crippen molar-refractivity contribution in [3.05, 3.63) is 64.7 Å². The van der Waals surface area contributed by atoms with Gasteiger partial charge in [-0.05, 0) is 67.6 Å². The van der Waals surface area contributed by atoms with Gasteiger partial charge < -0.3 is 19.1 Å². The first-order valence-electron chi connectivity index (χ1n) is 9.75. The second-order valence-corrected chi connectivity index (χ2v) is 7.89. The quantitative estimate of drug-likeness (QED) is 0.419. The van der Waals surface area contributed by atoms with Crippen LogP contribution in [0.4, 0.5) is 0 Å². The molecule has 0 aliphatic heterocycles. The maximum atomic E-state index is 11.2. The van der Waals surface area contributed by atoms with Crippen molar-refractivity contribution in [1.29, 1.82) is 0 Å². The van der Waals surface area contributed by atoms with Crippen LogP contribution in [0.1, 0.15) is 23.7 Å². The standard InChI is InChI=1S/C23H27NO4S.Zn/c1-4-27-21(23(25)26)14-18-6-8-19(9-7-18)28-12-11-24-17(3)5-10-20(24)22-13-16(2)15-29-22;/h5-10,13,15,21H,4,11-12,14H2,1-3H3,(H,25,26);/t21-;/m0./s1. The Balaban J connectivity index is 0.00000320. The molecule has 2 heterocycles. The molecule has 0 saturated carbocycles. The molecular formula is C23H27NO4SZn. The Kier molecular flexibility index (Phi) is 9.28. The number of hydrogen-bond donors (Lipinski definition) is 1. The van der Waals surface area contributed by atoms with Gasteiger partial charge in [0.2, 0.25) is 0 Å². The average Bonchev–Trinajstić information content (AvgIpc) is 3.28. The molecule has 1 aromatic carbocycles. The third-order valence-corrected chi connectivity index (χ3v) is 5.82. The number of aryl methyl sites for hydroxylation is 2. The molecule has 0 fully saturated rings. The Bertz CT molecular complexity index is 949. The van der Waals surface area contributed by atoms with Crippen molar-refractivity contribution in [1.82, 2.24) is 4.57 Å². The Morgan fingerprint density at radius 3 is 2.50 bits per heavy atom. The maximum absolute atomic E-state index is 11.2. The fourth-order valence-electron chi connectivity index (χ4n) is 3.26. The minimum Gasteiger partial charge on any atom is -0.492 e. The van der Waals surface area contributed by atoms with E-state index in [1.807, 2.05) is 24.3 Å². The number of benzene rings is 1. The van der Waals surface area contributed by atoms with Crippen LogP contribution in [0.5, 0.6) is 5.75 Å². The fraction of sp³-hybridized carbons (Fsp3) is 0.348. The summed E-state index contributed by atoms with van der Waals surface area (Å²) in [5.74, 6) is -0.165. The van der Waals surface area contributed by atoms with Gasteiger partial charge in [0.15, 0.2) is 6.10 Å². The van der Waals surface area contributed by atoms with Gasteiger partial charge in [0.05, 0.1) is 17.1 Å². The zero-order chi connectivity index (χ0) is 20.8. The zero-order valence-electron chi connectivity index (χ0n) is 17.8. The van der Waals surface area contributed by atoms with Crippen molar-refractivity contribution < 1.29 is 38.9 Å². The summed E-state index contributed by atoms with van der Waals surface area (Å²) >= 11 is 1.76. The number of nitrogens with zero attached hydrogens (tertiary/aromatic N) is 1. The maximum Gasteiger partial charge on any atom is 0.333 e. The van der Waals surface area contributed by atoms with E-state index in [1.165, 1.54) is 21.8 Å². The van der Waals surface area contributed by atoms with E-state index >= 15 is 0 Å². The van der Waals surface area contributed by atoms with Gasteiger partial charge in [-0.15, -0.1) is 11.3 Å². The van der Waals surface area contributed by atoms with Crippen LogP contribution in [-0.4, -0.2) is 35.0 Å². The molecule has 1 N–H and O–H groups in total. The number of carboxylic acids is 1. The molecular weight excluding hydrogens is 452 g/mol. The van der Waals surface area contributed by atoms with E-state index in [0.29, 0.717) is 19.6 Å². The van der Waals surface area contributed by atoms with E-state index in [2.05, 4.69) is 42.0 Å². The molecule has 156 valence electrons. The third-order valence-electron chi connectivity index (χ3n) is 4.75. The first kappa shape index (κ1) is 24.3. The second-order valence-electron chi connectivity index (χ2n) is 6.98. The number of rotatable bonds is 10. The molecule has 0 spiro atoms. The van der Waals surface area contributed by atoms with Gasteiger partial charge in [0.1, 0.15) is 12.4 Å². The summed E-state index contributed by atoms with van der Waals surface area (Å²) in [6.07, 6.45) is -0.474. The Morgan fingerprint density at radius 1 is 1.17 bits per heavy atom. The van der Waals surface area contributed by atoms with Crippen LogP contribution < -0.4 is 4.74 Å². The molecule has 0 saturated heterocycles. The average molecular weight is 479 g/mol. The van der Waals surface area contributed by atoms with Crippen molar-refractivity contribution >= 4 is 17.3 Å². The van der Waals surface area contributed by atoms with Crippen molar-refractivity contribution in [2.24, 2.45) is 0 Å². The summed E-state index contributed by atoms with van der Waals surface area (Å²) in [7, 11) is 0. The summed E-state index contributed by atoms with van der Waals surface area (Å²) in [5, 5.41) is 11.4. The molecule has 3 rings (SSSR count). The molecule has 1 atom stereocenters. The number of ether oxygens (including phenoxy) is 2. The van der Waals surface area contributed by atoms with E-state index in [4.69, 9.17) is 9.47 Å². The van der Waals surface area contributed by atoms with Crippen LogP contribution in [0.2, 0.25) is 0 Å². The number of carboxylic acid groups (broad SMARTS) is 1. The van der Waals surface area contributed by atoms with Crippen molar-refractivity contribution in [2.75, 3.05) is 13.2 Å². The normalized spacial score (nSPS) is 11.7. The van der Waals surface area contributed by atoms with E-state index in [9.17, 15) is 9.90 Å². The summed E-state index contributed by atoms with van der Waals surface area (Å²) < 4.78 is 13.5. The molecule has 3 aromatic rings. The molecule has 0 amide bonds. The molecule has 0 aliphatic carbocycles. The number of carbonyl (C=O) groups is 1. The Labute approximate surface area is 194 Å². The molecule has 30 heavy (non-hydrogen) atoms. The van der Waals surface area contributed by atoms with Crippen LogP contribution in [0.15, 0.2) is 47.8 Å². The van der Waals surface area contributed by atoms with E-state index in [0.717, 1.165) is 17.9 Å². The van der Waals surface area contributed by atoms with Crippen molar-refractivity contribution in [3.8, 4) is 16.3 Å². The van der Waals surface area contributed by atoms with Crippen molar-refractivity contribution in [3.63, 3.8) is 0 Å². The monoisotopic (exact) mass is 477 g/mol. The van der Waals surface area contributed by atoms with Crippen LogP contribution in [0, 0.1) is 13.8 Å². The minimum atomic E-state index is -0.939. The van der Waals surface area contributed by atoms with E-state index < -0.39 is 12.1 Å². The molecule has 0 aliphatic rings. The molecule has 7 heteroatoms. The van der Waals surface area contributed by atoms with Crippen molar-refractivity contribution in [2.45, 2.75) is 39.8 Å². The topological polar surface area (TPSA) is 60.7 Å². The summed E-state index contributed by atoms with van der Waals surface area (Å²) in [5.41, 5.74) is 4.62. The van der Waals surface area contributed by atoms with Gasteiger partial charge >= 0.3 is 5.97 Å². The van der Waals surface area contributed by atoms with Gasteiger partial charge in [0.25, 0.3) is 0 Å². The fourth-order valence-corrected chi connectivity index (χ4v) is 4.19. The zero-order valence-corrected chi connectivity index (χ0v) is 21.5. The first-order chi connectivity index (χ1) is 14.0. The van der Waals surface area contributed by atoms with Crippen LogP contribution in [-0.2, 0) is 42.0 Å². The largest absolute Gasteiger partial charge is 0.492 e. The van der Waals surface area contributed by atoms with Crippen LogP contribution in [0.3, 0.4) is 0 Å². The molecule has 0 radical (unpaired) electrons. The predicted octanol–water partition coefficient (Wildman–Crippen LogP) is 4.94.